The van der Waals surface area contributed by atoms with Gasteiger partial charge in [0.05, 0.1) is 17.1 Å². The molecule has 30 heavy (non-hydrogen) atoms. The standard InChI is InChI=1S/C27H35NO2/c1-26(2)24-15-19-10-12-21-18-6-4-7-22(21)27(19,30-26)23(25(24)28)8-3-5-16-14-20(29)11-9-17(16)13-18/h9,11,14,18-19,21-25,29H,4-7,10,12-13,15,28H2,1-2H3/t18-,19+,21-,22-,23+,24-,25+,27-/m1/s1. The molecule has 1 aromatic carbocycles. The van der Waals surface area contributed by atoms with Gasteiger partial charge in [0.15, 0.2) is 0 Å². The molecule has 6 aliphatic rings. The molecule has 3 saturated carbocycles. The van der Waals surface area contributed by atoms with Gasteiger partial charge in [-0.2, -0.15) is 0 Å². The molecule has 3 nitrogen and oxygen atoms in total. The summed E-state index contributed by atoms with van der Waals surface area (Å²) in [5.41, 5.74) is 9.26. The number of hydrogen-bond acceptors (Lipinski definition) is 3. The molecule has 0 radical (unpaired) electrons. The largest absolute Gasteiger partial charge is 0.508 e. The van der Waals surface area contributed by atoms with Crippen molar-refractivity contribution in [3.8, 4) is 17.6 Å². The van der Waals surface area contributed by atoms with Crippen molar-refractivity contribution in [2.75, 3.05) is 0 Å². The average molecular weight is 406 g/mol. The Bertz CT molecular complexity index is 927. The molecular weight excluding hydrogens is 370 g/mol. The van der Waals surface area contributed by atoms with Crippen LogP contribution in [0, 0.1) is 47.3 Å². The Morgan fingerprint density at radius 3 is 2.83 bits per heavy atom. The molecule has 0 unspecified atom stereocenters. The highest BCUT2D eigenvalue weighted by Gasteiger charge is 2.69. The van der Waals surface area contributed by atoms with Gasteiger partial charge in [0.2, 0.25) is 0 Å². The molecule has 5 fully saturated rings. The van der Waals surface area contributed by atoms with E-state index in [0.29, 0.717) is 41.8 Å². The smallest absolute Gasteiger partial charge is 0.115 e. The summed E-state index contributed by atoms with van der Waals surface area (Å²) in [7, 11) is 0. The number of fused-ring (bicyclic) bond motifs is 2. The zero-order valence-corrected chi connectivity index (χ0v) is 18.4. The Morgan fingerprint density at radius 2 is 1.97 bits per heavy atom. The molecule has 0 aromatic heterocycles. The van der Waals surface area contributed by atoms with E-state index in [1.807, 2.05) is 12.1 Å². The third-order valence-electron chi connectivity index (χ3n) is 9.69. The molecule has 2 heterocycles. The second-order valence-corrected chi connectivity index (χ2v) is 11.3. The molecule has 3 N–H and O–H groups in total. The lowest BCUT2D eigenvalue weighted by atomic mass is 9.44. The Morgan fingerprint density at radius 1 is 1.10 bits per heavy atom. The molecule has 1 aromatic rings. The lowest BCUT2D eigenvalue weighted by Gasteiger charge is -2.70. The number of nitrogens with two attached hydrogens (primary N) is 1. The molecule has 1 spiro atoms. The minimum atomic E-state index is -0.162. The van der Waals surface area contributed by atoms with E-state index in [2.05, 4.69) is 31.8 Å². The van der Waals surface area contributed by atoms with Crippen LogP contribution in [0.3, 0.4) is 0 Å². The third kappa shape index (κ3) is 2.53. The fraction of sp³-hybridized carbons (Fsp3) is 0.704. The number of rotatable bonds is 0. The van der Waals surface area contributed by atoms with Crippen LogP contribution in [0.4, 0.5) is 0 Å². The van der Waals surface area contributed by atoms with Gasteiger partial charge in [-0.05, 0) is 99.3 Å². The molecule has 2 saturated heterocycles. The van der Waals surface area contributed by atoms with Crippen LogP contribution < -0.4 is 5.73 Å². The van der Waals surface area contributed by atoms with E-state index < -0.39 is 0 Å². The second-order valence-electron chi connectivity index (χ2n) is 11.3. The van der Waals surface area contributed by atoms with Gasteiger partial charge in [-0.3, -0.25) is 0 Å². The first kappa shape index (κ1) is 19.2. The maximum atomic E-state index is 10.1. The minimum absolute atomic E-state index is 0.0982. The maximum Gasteiger partial charge on any atom is 0.115 e. The molecule has 8 atom stereocenters. The summed E-state index contributed by atoms with van der Waals surface area (Å²) in [6.45, 7) is 4.56. The van der Waals surface area contributed by atoms with E-state index in [-0.39, 0.29) is 23.2 Å². The summed E-state index contributed by atoms with van der Waals surface area (Å²) >= 11 is 0. The van der Waals surface area contributed by atoms with Crippen molar-refractivity contribution in [2.24, 2.45) is 41.2 Å². The van der Waals surface area contributed by atoms with Crippen LogP contribution in [-0.4, -0.2) is 22.4 Å². The number of aromatic hydroxyl groups is 1. The van der Waals surface area contributed by atoms with E-state index in [1.165, 1.54) is 49.7 Å². The lowest BCUT2D eigenvalue weighted by molar-refractivity contribution is -0.329. The van der Waals surface area contributed by atoms with Gasteiger partial charge in [0.25, 0.3) is 0 Å². The van der Waals surface area contributed by atoms with Gasteiger partial charge in [0, 0.05) is 18.4 Å². The van der Waals surface area contributed by atoms with E-state index in [1.54, 1.807) is 0 Å². The Balaban J connectivity index is 1.52. The quantitative estimate of drug-likeness (QED) is 0.627. The molecule has 160 valence electrons. The van der Waals surface area contributed by atoms with Crippen LogP contribution in [0.1, 0.15) is 63.5 Å². The predicted octanol–water partition coefficient (Wildman–Crippen LogP) is 4.45. The van der Waals surface area contributed by atoms with Gasteiger partial charge in [0.1, 0.15) is 5.75 Å². The van der Waals surface area contributed by atoms with Gasteiger partial charge in [-0.25, -0.2) is 0 Å². The van der Waals surface area contributed by atoms with Gasteiger partial charge in [-0.15, -0.1) is 0 Å². The molecule has 3 heteroatoms. The highest BCUT2D eigenvalue weighted by molar-refractivity contribution is 5.39. The number of phenolic OH excluding ortho intramolecular Hbond substituents is 1. The molecular formula is C27H35NO2. The molecule has 2 aliphatic heterocycles. The van der Waals surface area contributed by atoms with Gasteiger partial charge >= 0.3 is 0 Å². The first-order valence-corrected chi connectivity index (χ1v) is 12.1. The van der Waals surface area contributed by atoms with Crippen LogP contribution in [-0.2, 0) is 17.6 Å². The average Bonchev–Trinajstić information content (AvgIpc) is 2.71. The van der Waals surface area contributed by atoms with Crippen LogP contribution in [0.2, 0.25) is 0 Å². The monoisotopic (exact) mass is 405 g/mol. The van der Waals surface area contributed by atoms with Crippen LogP contribution in [0.25, 0.3) is 0 Å². The van der Waals surface area contributed by atoms with Crippen LogP contribution >= 0.6 is 0 Å². The zero-order valence-electron chi connectivity index (χ0n) is 18.4. The molecule has 0 amide bonds. The second kappa shape index (κ2) is 6.50. The zero-order chi connectivity index (χ0) is 20.7. The number of ether oxygens (including phenoxy) is 1. The predicted molar refractivity (Wildman–Crippen MR) is 118 cm³/mol. The number of hydrogen-bond donors (Lipinski definition) is 2. The summed E-state index contributed by atoms with van der Waals surface area (Å²) in [5.74, 6) is 10.7. The molecule has 7 rings (SSSR count). The van der Waals surface area contributed by atoms with E-state index in [9.17, 15) is 5.11 Å². The lowest BCUT2D eigenvalue weighted by Crippen LogP contribution is -2.76. The minimum Gasteiger partial charge on any atom is -0.508 e. The normalized spacial score (nSPS) is 45.5. The highest BCUT2D eigenvalue weighted by Crippen LogP contribution is 2.65. The van der Waals surface area contributed by atoms with Crippen molar-refractivity contribution in [3.05, 3.63) is 29.3 Å². The Kier molecular flexibility index (Phi) is 4.16. The maximum absolute atomic E-state index is 10.1. The van der Waals surface area contributed by atoms with Crippen LogP contribution in [0.15, 0.2) is 18.2 Å². The molecule has 4 aliphatic carbocycles. The van der Waals surface area contributed by atoms with E-state index in [0.717, 1.165) is 6.42 Å². The van der Waals surface area contributed by atoms with E-state index in [4.69, 9.17) is 10.5 Å². The van der Waals surface area contributed by atoms with Gasteiger partial charge < -0.3 is 15.6 Å². The summed E-state index contributed by atoms with van der Waals surface area (Å²) in [6, 6.07) is 6.02. The van der Waals surface area contributed by atoms with E-state index >= 15 is 0 Å². The highest BCUT2D eigenvalue weighted by atomic mass is 16.5. The van der Waals surface area contributed by atoms with Crippen molar-refractivity contribution in [2.45, 2.75) is 82.5 Å². The SMILES string of the molecule is CC1(C)O[C@]23[C@H]4CC[C@@H]5[C@H](CCC[C@H]52)Cc2ccc(O)cc2CC#C[C@H]3[C@H](N)[C@H]1C4. The van der Waals surface area contributed by atoms with Crippen molar-refractivity contribution in [3.63, 3.8) is 0 Å². The Labute approximate surface area is 180 Å². The van der Waals surface area contributed by atoms with Crippen molar-refractivity contribution in [1.29, 1.82) is 0 Å². The summed E-state index contributed by atoms with van der Waals surface area (Å²) in [5, 5.41) is 10.1. The first-order chi connectivity index (χ1) is 14.4. The number of phenols is 1. The number of benzene rings is 1. The van der Waals surface area contributed by atoms with Crippen molar-refractivity contribution in [1.82, 2.24) is 0 Å². The van der Waals surface area contributed by atoms with Crippen LogP contribution in [0.5, 0.6) is 5.75 Å². The topological polar surface area (TPSA) is 55.5 Å². The first-order valence-electron chi connectivity index (χ1n) is 12.1. The van der Waals surface area contributed by atoms with Crippen molar-refractivity contribution >= 4 is 0 Å². The third-order valence-corrected chi connectivity index (χ3v) is 9.69. The van der Waals surface area contributed by atoms with Crippen molar-refractivity contribution < 1.29 is 9.84 Å². The fourth-order valence-corrected chi connectivity index (χ4v) is 8.54. The molecule has 5 bridgehead atoms. The van der Waals surface area contributed by atoms with Gasteiger partial charge in [-0.1, -0.05) is 24.3 Å². The fourth-order valence-electron chi connectivity index (χ4n) is 8.54. The summed E-state index contributed by atoms with van der Waals surface area (Å²) in [4.78, 5) is 0. The Hall–Kier alpha value is -1.50. The summed E-state index contributed by atoms with van der Waals surface area (Å²) < 4.78 is 7.20. The summed E-state index contributed by atoms with van der Waals surface area (Å²) in [6.07, 6.45) is 9.51.